The van der Waals surface area contributed by atoms with Crippen molar-refractivity contribution in [2.24, 2.45) is 23.7 Å². The number of hydrogen-bond donors (Lipinski definition) is 0. The Kier molecular flexibility index (Phi) is 7.89. The van der Waals surface area contributed by atoms with E-state index in [4.69, 9.17) is 0 Å². The quantitative estimate of drug-likeness (QED) is 0.345. The molecule has 2 rings (SSSR count). The standard InChI is InChI=1S/C21H38/c1-3-7-19-14-16-21(17-15-19)9-6-5-8-20-12-10-18(4-2)11-13-20/h3,7,18-21H,4-6,8-17H2,1-2H3/t18-,19?,20-,21?. The van der Waals surface area contributed by atoms with Crippen LogP contribution >= 0.6 is 0 Å². The van der Waals surface area contributed by atoms with Gasteiger partial charge in [0.05, 0.1) is 0 Å². The van der Waals surface area contributed by atoms with Gasteiger partial charge in [-0.1, -0.05) is 76.9 Å². The molecule has 0 unspecified atom stereocenters. The van der Waals surface area contributed by atoms with Crippen LogP contribution in [0.3, 0.4) is 0 Å². The van der Waals surface area contributed by atoms with Crippen LogP contribution in [-0.4, -0.2) is 0 Å². The zero-order valence-corrected chi connectivity index (χ0v) is 14.7. The molecule has 0 heterocycles. The fourth-order valence-electron chi connectivity index (χ4n) is 4.74. The first-order valence-corrected chi connectivity index (χ1v) is 9.94. The van der Waals surface area contributed by atoms with Crippen molar-refractivity contribution in [3.63, 3.8) is 0 Å². The predicted octanol–water partition coefficient (Wildman–Crippen LogP) is 7.15. The maximum absolute atomic E-state index is 2.43. The van der Waals surface area contributed by atoms with Crippen LogP contribution in [0.25, 0.3) is 0 Å². The second-order valence-electron chi connectivity index (χ2n) is 7.89. The van der Waals surface area contributed by atoms with Crippen molar-refractivity contribution >= 4 is 0 Å². The molecule has 0 aromatic rings. The highest BCUT2D eigenvalue weighted by atomic mass is 14.3. The number of unbranched alkanes of at least 4 members (excludes halogenated alkanes) is 1. The van der Waals surface area contributed by atoms with Crippen molar-refractivity contribution in [3.05, 3.63) is 12.2 Å². The Morgan fingerprint density at radius 3 is 1.67 bits per heavy atom. The second-order valence-corrected chi connectivity index (χ2v) is 7.89. The number of hydrogen-bond acceptors (Lipinski definition) is 0. The summed E-state index contributed by atoms with van der Waals surface area (Å²) in [5.74, 6) is 4.11. The smallest absolute Gasteiger partial charge is 0.0233 e. The molecule has 0 aromatic heterocycles. The summed E-state index contributed by atoms with van der Waals surface area (Å²) in [7, 11) is 0. The van der Waals surface area contributed by atoms with Gasteiger partial charge < -0.3 is 0 Å². The lowest BCUT2D eigenvalue weighted by atomic mass is 9.77. The van der Waals surface area contributed by atoms with E-state index in [9.17, 15) is 0 Å². The number of allylic oxidation sites excluding steroid dienone is 2. The van der Waals surface area contributed by atoms with Crippen molar-refractivity contribution in [1.82, 2.24) is 0 Å². The van der Waals surface area contributed by atoms with Crippen LogP contribution in [0.5, 0.6) is 0 Å². The summed E-state index contributed by atoms with van der Waals surface area (Å²) in [6, 6.07) is 0. The summed E-state index contributed by atoms with van der Waals surface area (Å²) >= 11 is 0. The Hall–Kier alpha value is -0.260. The predicted molar refractivity (Wildman–Crippen MR) is 94.5 cm³/mol. The van der Waals surface area contributed by atoms with Crippen LogP contribution < -0.4 is 0 Å². The Balaban J connectivity index is 1.49. The first-order valence-electron chi connectivity index (χ1n) is 9.94. The van der Waals surface area contributed by atoms with Gasteiger partial charge in [0.1, 0.15) is 0 Å². The molecule has 0 bridgehead atoms. The molecule has 0 radical (unpaired) electrons. The molecule has 2 aliphatic rings. The van der Waals surface area contributed by atoms with Gasteiger partial charge in [-0.05, 0) is 56.3 Å². The Morgan fingerprint density at radius 2 is 1.19 bits per heavy atom. The summed E-state index contributed by atoms with van der Waals surface area (Å²) < 4.78 is 0. The molecule has 122 valence electrons. The van der Waals surface area contributed by atoms with Gasteiger partial charge in [0.25, 0.3) is 0 Å². The minimum absolute atomic E-state index is 0.903. The normalized spacial score (nSPS) is 34.4. The molecule has 0 saturated heterocycles. The summed E-state index contributed by atoms with van der Waals surface area (Å²) in [6.07, 6.45) is 24.2. The van der Waals surface area contributed by atoms with Gasteiger partial charge in [-0.3, -0.25) is 0 Å². The van der Waals surface area contributed by atoms with Crippen molar-refractivity contribution < 1.29 is 0 Å². The topological polar surface area (TPSA) is 0 Å². The molecule has 2 saturated carbocycles. The van der Waals surface area contributed by atoms with Crippen molar-refractivity contribution in [2.75, 3.05) is 0 Å². The van der Waals surface area contributed by atoms with Crippen LogP contribution in [0.4, 0.5) is 0 Å². The van der Waals surface area contributed by atoms with Crippen molar-refractivity contribution in [2.45, 2.75) is 97.3 Å². The molecule has 0 aliphatic heterocycles. The average Bonchev–Trinajstić information content (AvgIpc) is 2.54. The van der Waals surface area contributed by atoms with E-state index in [-0.39, 0.29) is 0 Å². The minimum Gasteiger partial charge on any atom is -0.0914 e. The van der Waals surface area contributed by atoms with Gasteiger partial charge in [-0.15, -0.1) is 0 Å². The summed E-state index contributed by atoms with van der Waals surface area (Å²) in [4.78, 5) is 0. The van der Waals surface area contributed by atoms with Gasteiger partial charge in [0.15, 0.2) is 0 Å². The van der Waals surface area contributed by atoms with E-state index in [0.29, 0.717) is 0 Å². The minimum atomic E-state index is 0.903. The lowest BCUT2D eigenvalue weighted by molar-refractivity contribution is 0.247. The van der Waals surface area contributed by atoms with E-state index >= 15 is 0 Å². The molecule has 0 nitrogen and oxygen atoms in total. The van der Waals surface area contributed by atoms with Gasteiger partial charge in [-0.25, -0.2) is 0 Å². The zero-order chi connectivity index (χ0) is 14.9. The number of rotatable bonds is 7. The summed E-state index contributed by atoms with van der Waals surface area (Å²) in [5.41, 5.74) is 0. The molecule has 0 amide bonds. The fourth-order valence-corrected chi connectivity index (χ4v) is 4.74. The van der Waals surface area contributed by atoms with Gasteiger partial charge in [0, 0.05) is 0 Å². The molecule has 2 fully saturated rings. The first-order chi connectivity index (χ1) is 10.3. The van der Waals surface area contributed by atoms with Crippen molar-refractivity contribution in [1.29, 1.82) is 0 Å². The molecule has 0 spiro atoms. The molecule has 2 aliphatic carbocycles. The molecule has 0 N–H and O–H groups in total. The average molecular weight is 291 g/mol. The van der Waals surface area contributed by atoms with E-state index in [1.165, 1.54) is 83.5 Å². The Bertz CT molecular complexity index is 274. The Morgan fingerprint density at radius 1 is 0.714 bits per heavy atom. The maximum atomic E-state index is 2.43. The van der Waals surface area contributed by atoms with Crippen molar-refractivity contribution in [3.8, 4) is 0 Å². The molecular formula is C21H38. The zero-order valence-electron chi connectivity index (χ0n) is 14.7. The SMILES string of the molecule is CC=CC1CCC(CCCC[C@H]2CC[C@H](CC)CC2)CC1. The largest absolute Gasteiger partial charge is 0.0914 e. The lowest BCUT2D eigenvalue weighted by Crippen LogP contribution is -2.14. The summed E-state index contributed by atoms with van der Waals surface area (Å²) in [6.45, 7) is 4.54. The second kappa shape index (κ2) is 9.70. The van der Waals surface area contributed by atoms with E-state index in [1.54, 1.807) is 0 Å². The van der Waals surface area contributed by atoms with E-state index in [0.717, 1.165) is 23.7 Å². The summed E-state index contributed by atoms with van der Waals surface area (Å²) in [5, 5.41) is 0. The highest BCUT2D eigenvalue weighted by Gasteiger charge is 2.21. The maximum Gasteiger partial charge on any atom is -0.0233 e. The van der Waals surface area contributed by atoms with Gasteiger partial charge in [0.2, 0.25) is 0 Å². The van der Waals surface area contributed by atoms with Crippen LogP contribution in [0.15, 0.2) is 12.2 Å². The third-order valence-corrected chi connectivity index (χ3v) is 6.37. The van der Waals surface area contributed by atoms with Crippen LogP contribution in [0.1, 0.15) is 97.3 Å². The van der Waals surface area contributed by atoms with Gasteiger partial charge in [-0.2, -0.15) is 0 Å². The van der Waals surface area contributed by atoms with E-state index in [1.807, 2.05) is 0 Å². The molecule has 0 heteroatoms. The third kappa shape index (κ3) is 6.17. The fraction of sp³-hybridized carbons (Fsp3) is 0.905. The molecule has 0 atom stereocenters. The first kappa shape index (κ1) is 17.1. The molecular weight excluding hydrogens is 252 g/mol. The van der Waals surface area contributed by atoms with Gasteiger partial charge >= 0.3 is 0 Å². The molecule has 21 heavy (non-hydrogen) atoms. The van der Waals surface area contributed by atoms with Crippen LogP contribution in [0.2, 0.25) is 0 Å². The van der Waals surface area contributed by atoms with E-state index < -0.39 is 0 Å². The highest BCUT2D eigenvalue weighted by molar-refractivity contribution is 4.88. The third-order valence-electron chi connectivity index (χ3n) is 6.37. The highest BCUT2D eigenvalue weighted by Crippen LogP contribution is 2.35. The van der Waals surface area contributed by atoms with Crippen LogP contribution in [-0.2, 0) is 0 Å². The molecule has 0 aromatic carbocycles. The Labute approximate surface area is 133 Å². The van der Waals surface area contributed by atoms with E-state index in [2.05, 4.69) is 26.0 Å². The lowest BCUT2D eigenvalue weighted by Gasteiger charge is -2.28. The van der Waals surface area contributed by atoms with Crippen LogP contribution in [0, 0.1) is 23.7 Å². The monoisotopic (exact) mass is 290 g/mol.